The molecule has 1 aliphatic rings. The fourth-order valence-corrected chi connectivity index (χ4v) is 2.64. The molecular weight excluding hydrogens is 238 g/mol. The minimum atomic E-state index is -0.227. The van der Waals surface area contributed by atoms with E-state index >= 15 is 0 Å². The van der Waals surface area contributed by atoms with Crippen LogP contribution < -0.4 is 5.32 Å². The topological polar surface area (TPSA) is 38.3 Å². The quantitative estimate of drug-likeness (QED) is 0.415. The molecular formula is C16H29NO2. The van der Waals surface area contributed by atoms with Crippen molar-refractivity contribution in [3.8, 4) is 0 Å². The van der Waals surface area contributed by atoms with E-state index in [-0.39, 0.29) is 5.97 Å². The Morgan fingerprint density at radius 2 is 2.11 bits per heavy atom. The Morgan fingerprint density at radius 1 is 1.26 bits per heavy atom. The summed E-state index contributed by atoms with van der Waals surface area (Å²) in [6, 6.07) is 0.969. The second-order valence-corrected chi connectivity index (χ2v) is 5.36. The van der Waals surface area contributed by atoms with Crippen molar-refractivity contribution in [2.75, 3.05) is 6.61 Å². The normalized spacial score (nSPS) is 23.7. The maximum atomic E-state index is 11.3. The van der Waals surface area contributed by atoms with Crippen LogP contribution in [0.4, 0.5) is 0 Å². The largest absolute Gasteiger partial charge is 0.463 e. The highest BCUT2D eigenvalue weighted by Gasteiger charge is 2.18. The van der Waals surface area contributed by atoms with Gasteiger partial charge in [0.25, 0.3) is 0 Å². The molecule has 1 heterocycles. The molecule has 110 valence electrons. The molecule has 0 aromatic heterocycles. The number of hydrogen-bond acceptors (Lipinski definition) is 3. The summed E-state index contributed by atoms with van der Waals surface area (Å²) in [6.07, 6.45) is 13.8. The molecule has 3 heteroatoms. The lowest BCUT2D eigenvalue weighted by molar-refractivity contribution is -0.137. The van der Waals surface area contributed by atoms with E-state index in [1.165, 1.54) is 44.9 Å². The number of unbranched alkanes of at least 4 members (excludes halogenated alkanes) is 3. The van der Waals surface area contributed by atoms with Gasteiger partial charge in [-0.3, -0.25) is 0 Å². The Kier molecular flexibility index (Phi) is 8.55. The van der Waals surface area contributed by atoms with E-state index < -0.39 is 0 Å². The van der Waals surface area contributed by atoms with Gasteiger partial charge in [0.1, 0.15) is 0 Å². The van der Waals surface area contributed by atoms with E-state index in [9.17, 15) is 4.79 Å². The van der Waals surface area contributed by atoms with Gasteiger partial charge in [-0.05, 0) is 26.2 Å². The SMILES string of the molecule is CCCCCC[C@@H]1CCC[C@H](/C=C/C(=O)OCC)N1. The summed E-state index contributed by atoms with van der Waals surface area (Å²) in [4.78, 5) is 11.3. The van der Waals surface area contributed by atoms with Crippen molar-refractivity contribution in [3.63, 3.8) is 0 Å². The van der Waals surface area contributed by atoms with Crippen LogP contribution in [0.25, 0.3) is 0 Å². The highest BCUT2D eigenvalue weighted by atomic mass is 16.5. The minimum absolute atomic E-state index is 0.227. The van der Waals surface area contributed by atoms with Crippen LogP contribution in [-0.4, -0.2) is 24.7 Å². The molecule has 1 saturated heterocycles. The van der Waals surface area contributed by atoms with Crippen molar-refractivity contribution in [1.29, 1.82) is 0 Å². The van der Waals surface area contributed by atoms with Crippen LogP contribution >= 0.6 is 0 Å². The zero-order valence-electron chi connectivity index (χ0n) is 12.5. The van der Waals surface area contributed by atoms with E-state index in [1.807, 2.05) is 13.0 Å². The molecule has 0 spiro atoms. The van der Waals surface area contributed by atoms with Gasteiger partial charge >= 0.3 is 5.97 Å². The van der Waals surface area contributed by atoms with Crippen molar-refractivity contribution in [1.82, 2.24) is 5.32 Å². The van der Waals surface area contributed by atoms with Crippen LogP contribution in [0.3, 0.4) is 0 Å². The van der Waals surface area contributed by atoms with Crippen LogP contribution in [0.5, 0.6) is 0 Å². The Hall–Kier alpha value is -0.830. The second kappa shape index (κ2) is 10.0. The van der Waals surface area contributed by atoms with E-state index in [2.05, 4.69) is 12.2 Å². The zero-order valence-corrected chi connectivity index (χ0v) is 12.5. The summed E-state index contributed by atoms with van der Waals surface area (Å²) >= 11 is 0. The van der Waals surface area contributed by atoms with Gasteiger partial charge in [-0.1, -0.05) is 45.1 Å². The van der Waals surface area contributed by atoms with E-state index in [0.717, 1.165) is 6.42 Å². The Balaban J connectivity index is 2.23. The van der Waals surface area contributed by atoms with Crippen LogP contribution in [0.1, 0.15) is 65.2 Å². The molecule has 0 aromatic rings. The first-order valence-corrected chi connectivity index (χ1v) is 7.87. The summed E-state index contributed by atoms with van der Waals surface area (Å²) in [5, 5.41) is 3.63. The maximum Gasteiger partial charge on any atom is 0.330 e. The monoisotopic (exact) mass is 267 g/mol. The average molecular weight is 267 g/mol. The molecule has 1 fully saturated rings. The number of ether oxygens (including phenoxy) is 1. The molecule has 2 atom stereocenters. The molecule has 0 aliphatic carbocycles. The van der Waals surface area contributed by atoms with Crippen LogP contribution in [0, 0.1) is 0 Å². The van der Waals surface area contributed by atoms with Crippen LogP contribution in [0.2, 0.25) is 0 Å². The van der Waals surface area contributed by atoms with E-state index in [4.69, 9.17) is 4.74 Å². The van der Waals surface area contributed by atoms with Crippen molar-refractivity contribution in [2.24, 2.45) is 0 Å². The van der Waals surface area contributed by atoms with E-state index in [0.29, 0.717) is 18.7 Å². The fraction of sp³-hybridized carbons (Fsp3) is 0.812. The molecule has 19 heavy (non-hydrogen) atoms. The van der Waals surface area contributed by atoms with Crippen molar-refractivity contribution in [3.05, 3.63) is 12.2 Å². The minimum Gasteiger partial charge on any atom is -0.463 e. The number of carbonyl (C=O) groups is 1. The number of hydrogen-bond donors (Lipinski definition) is 1. The molecule has 0 amide bonds. The summed E-state index contributed by atoms with van der Waals surface area (Å²) in [6.45, 7) is 4.52. The lowest BCUT2D eigenvalue weighted by atomic mass is 9.94. The molecule has 1 rings (SSSR count). The summed E-state index contributed by atoms with van der Waals surface area (Å²) < 4.78 is 4.90. The second-order valence-electron chi connectivity index (χ2n) is 5.36. The van der Waals surface area contributed by atoms with E-state index in [1.54, 1.807) is 6.08 Å². The lowest BCUT2D eigenvalue weighted by Gasteiger charge is -2.29. The van der Waals surface area contributed by atoms with Gasteiger partial charge < -0.3 is 10.1 Å². The Morgan fingerprint density at radius 3 is 2.84 bits per heavy atom. The summed E-state index contributed by atoms with van der Waals surface area (Å²) in [7, 11) is 0. The Bertz CT molecular complexity index is 276. The zero-order chi connectivity index (χ0) is 13.9. The molecule has 0 aromatic carbocycles. The lowest BCUT2D eigenvalue weighted by Crippen LogP contribution is -2.41. The predicted molar refractivity (Wildman–Crippen MR) is 79.1 cm³/mol. The molecule has 1 aliphatic heterocycles. The first-order valence-electron chi connectivity index (χ1n) is 7.87. The highest BCUT2D eigenvalue weighted by molar-refractivity contribution is 5.81. The van der Waals surface area contributed by atoms with Gasteiger partial charge in [0.05, 0.1) is 6.61 Å². The number of piperidine rings is 1. The number of esters is 1. The van der Waals surface area contributed by atoms with Gasteiger partial charge in [0.15, 0.2) is 0 Å². The van der Waals surface area contributed by atoms with Crippen molar-refractivity contribution >= 4 is 5.97 Å². The summed E-state index contributed by atoms with van der Waals surface area (Å²) in [5.41, 5.74) is 0. The predicted octanol–water partition coefficient (Wildman–Crippen LogP) is 3.59. The van der Waals surface area contributed by atoms with Gasteiger partial charge in [-0.25, -0.2) is 4.79 Å². The van der Waals surface area contributed by atoms with Crippen molar-refractivity contribution in [2.45, 2.75) is 77.3 Å². The highest BCUT2D eigenvalue weighted by Crippen LogP contribution is 2.18. The summed E-state index contributed by atoms with van der Waals surface area (Å²) in [5.74, 6) is -0.227. The number of nitrogens with one attached hydrogen (secondary N) is 1. The van der Waals surface area contributed by atoms with Gasteiger partial charge in [0, 0.05) is 18.2 Å². The fourth-order valence-electron chi connectivity index (χ4n) is 2.64. The Labute approximate surface area is 117 Å². The molecule has 0 bridgehead atoms. The molecule has 3 nitrogen and oxygen atoms in total. The first kappa shape index (κ1) is 16.2. The number of carbonyl (C=O) groups excluding carboxylic acids is 1. The molecule has 0 unspecified atom stereocenters. The van der Waals surface area contributed by atoms with Crippen LogP contribution in [0.15, 0.2) is 12.2 Å². The standard InChI is InChI=1S/C16H29NO2/c1-3-5-6-7-9-14-10-8-11-15(17-14)12-13-16(18)19-4-2/h12-15,17H,3-11H2,1-2H3/b13-12+/t14-,15-/m1/s1. The van der Waals surface area contributed by atoms with Gasteiger partial charge in [0.2, 0.25) is 0 Å². The molecule has 0 saturated carbocycles. The smallest absolute Gasteiger partial charge is 0.330 e. The maximum absolute atomic E-state index is 11.3. The third kappa shape index (κ3) is 7.36. The average Bonchev–Trinajstić information content (AvgIpc) is 2.42. The van der Waals surface area contributed by atoms with Crippen molar-refractivity contribution < 1.29 is 9.53 Å². The van der Waals surface area contributed by atoms with Crippen LogP contribution in [-0.2, 0) is 9.53 Å². The number of rotatable bonds is 8. The third-order valence-electron chi connectivity index (χ3n) is 3.67. The first-order chi connectivity index (χ1) is 9.26. The van der Waals surface area contributed by atoms with Gasteiger partial charge in [-0.2, -0.15) is 0 Å². The molecule has 0 radical (unpaired) electrons. The third-order valence-corrected chi connectivity index (χ3v) is 3.67. The van der Waals surface area contributed by atoms with Gasteiger partial charge in [-0.15, -0.1) is 0 Å². The molecule has 1 N–H and O–H groups in total.